The Morgan fingerprint density at radius 3 is 0.469 bits per heavy atom. The van der Waals surface area contributed by atoms with Crippen molar-refractivity contribution in [3.8, 4) is 0 Å². The van der Waals surface area contributed by atoms with Crippen molar-refractivity contribution in [1.29, 1.82) is 0 Å². The minimum Gasteiger partial charge on any atom is -0.462 e. The molecule has 0 aliphatic carbocycles. The molecule has 1 heterocycles. The van der Waals surface area contributed by atoms with E-state index in [-0.39, 0.29) is 44.9 Å². The van der Waals surface area contributed by atoms with E-state index in [1.807, 2.05) is 0 Å². The lowest BCUT2D eigenvalue weighted by Crippen LogP contribution is -2.31. The number of hydrogen-bond donors (Lipinski definition) is 0. The van der Waals surface area contributed by atoms with E-state index < -0.39 is 84.5 Å². The predicted octanol–water partition coefficient (Wildman–Crippen LogP) is 4.98. The van der Waals surface area contributed by atoms with Crippen LogP contribution in [0.25, 0.3) is 0 Å². The first kappa shape index (κ1) is 43.3. The molecule has 1 aliphatic heterocycles. The van der Waals surface area contributed by atoms with Gasteiger partial charge in [-0.25, -0.2) is 0 Å². The first-order chi connectivity index (χ1) is 23.3. The third-order valence-electron chi connectivity index (χ3n) is 8.03. The highest BCUT2D eigenvalue weighted by atomic mass is 16.6. The summed E-state index contributed by atoms with van der Waals surface area (Å²) >= 11 is 0. The second kappa shape index (κ2) is 23.6. The maximum absolute atomic E-state index is 12.7. The van der Waals surface area contributed by atoms with Crippen molar-refractivity contribution in [2.45, 2.75) is 181 Å². The van der Waals surface area contributed by atoms with Gasteiger partial charge in [-0.3, -0.25) is 33.6 Å². The van der Waals surface area contributed by atoms with E-state index in [4.69, 9.17) is 33.2 Å². The van der Waals surface area contributed by atoms with Crippen LogP contribution in [0.3, 0.4) is 0 Å². The van der Waals surface area contributed by atoms with Gasteiger partial charge in [0.05, 0.1) is 44.9 Å². The smallest absolute Gasteiger partial charge is 0.309 e. The molecule has 0 N–H and O–H groups in total. The van der Waals surface area contributed by atoms with Crippen LogP contribution in [0, 0.1) is 0 Å². The molecule has 0 aromatic rings. The largest absolute Gasteiger partial charge is 0.462 e. The van der Waals surface area contributed by atoms with Crippen molar-refractivity contribution in [2.75, 3.05) is 0 Å². The Bertz CT molecular complexity index is 796. The molecule has 5 unspecified atom stereocenters. The van der Waals surface area contributed by atoms with Crippen molar-refractivity contribution in [1.82, 2.24) is 0 Å². The highest BCUT2D eigenvalue weighted by molar-refractivity contribution is 5.77. The molecule has 0 saturated carbocycles. The van der Waals surface area contributed by atoms with Gasteiger partial charge in [0.2, 0.25) is 0 Å². The Labute approximate surface area is 289 Å². The van der Waals surface area contributed by atoms with Crippen molar-refractivity contribution in [3.05, 3.63) is 0 Å². The van der Waals surface area contributed by atoms with Crippen LogP contribution in [0.2, 0.25) is 0 Å². The minimum absolute atomic E-state index is 0.248. The molecule has 0 aromatic carbocycles. The normalized spacial score (nSPS) is 28.7. The standard InChI is InChI=1S/C35H56O14/c1-8-22-15-29(36)44-24(10-3)17-31(38)46-26(12-5)19-33(40)48-28(14-7)21-35(42)49-27(13-6)20-34(41)47-25(11-4)18-32(39)45-23(9-2)16-30(37)43-22/h22-28H,8-21H2,1-7H3/t22-,23-,24?,25?,26?,27?,28?/m1/s1. The summed E-state index contributed by atoms with van der Waals surface area (Å²) in [6.45, 7) is 12.1. The van der Waals surface area contributed by atoms with E-state index in [9.17, 15) is 33.6 Å². The van der Waals surface area contributed by atoms with Gasteiger partial charge in [0.1, 0.15) is 42.7 Å². The molecule has 1 fully saturated rings. The van der Waals surface area contributed by atoms with E-state index in [0.717, 1.165) is 0 Å². The number of esters is 7. The van der Waals surface area contributed by atoms with Crippen LogP contribution in [0.15, 0.2) is 0 Å². The van der Waals surface area contributed by atoms with Gasteiger partial charge in [-0.1, -0.05) is 48.5 Å². The Kier molecular flexibility index (Phi) is 20.9. The van der Waals surface area contributed by atoms with Gasteiger partial charge >= 0.3 is 41.8 Å². The number of ether oxygens (including phenoxy) is 7. The zero-order valence-corrected chi connectivity index (χ0v) is 30.2. The highest BCUT2D eigenvalue weighted by Crippen LogP contribution is 2.18. The molecule has 0 radical (unpaired) electrons. The molecule has 1 aliphatic rings. The molecule has 0 spiro atoms. The Morgan fingerprint density at radius 2 is 0.388 bits per heavy atom. The van der Waals surface area contributed by atoms with Gasteiger partial charge in [-0.2, -0.15) is 0 Å². The lowest BCUT2D eigenvalue weighted by atomic mass is 10.1. The third-order valence-corrected chi connectivity index (χ3v) is 8.03. The lowest BCUT2D eigenvalue weighted by Gasteiger charge is -2.23. The Hall–Kier alpha value is -3.71. The molecular weight excluding hydrogens is 644 g/mol. The molecule has 0 aromatic heterocycles. The number of cyclic esters (lactones) is 7. The van der Waals surface area contributed by atoms with Gasteiger partial charge in [0, 0.05) is 0 Å². The summed E-state index contributed by atoms with van der Waals surface area (Å²) in [5.41, 5.74) is 0. The molecule has 7 atom stereocenters. The average molecular weight is 701 g/mol. The SMILES string of the molecule is CCC1CC(=O)OC(CC)CC(=O)OC(CC)CC(=O)O[C@H](CC)CC(=O)O[C@H](CC)CC(=O)OC(CC)CC(=O)OC(CC)CC(=O)O1. The summed E-state index contributed by atoms with van der Waals surface area (Å²) in [5.74, 6) is -4.69. The zero-order valence-electron chi connectivity index (χ0n) is 30.2. The fraction of sp³-hybridized carbons (Fsp3) is 0.800. The fourth-order valence-electron chi connectivity index (χ4n) is 4.82. The topological polar surface area (TPSA) is 184 Å². The summed E-state index contributed by atoms with van der Waals surface area (Å²) < 4.78 is 38.3. The Morgan fingerprint density at radius 1 is 0.286 bits per heavy atom. The lowest BCUT2D eigenvalue weighted by molar-refractivity contribution is -0.163. The van der Waals surface area contributed by atoms with Gasteiger partial charge in [0.15, 0.2) is 0 Å². The second-order valence-corrected chi connectivity index (χ2v) is 12.1. The Balaban J connectivity index is 3.15. The summed E-state index contributed by atoms with van der Waals surface area (Å²) in [6, 6.07) is 0. The summed E-state index contributed by atoms with van der Waals surface area (Å²) in [6.07, 6.45) is -5.19. The molecule has 0 amide bonds. The van der Waals surface area contributed by atoms with Gasteiger partial charge in [0.25, 0.3) is 0 Å². The molecule has 1 saturated heterocycles. The number of hydrogen-bond acceptors (Lipinski definition) is 14. The highest BCUT2D eigenvalue weighted by Gasteiger charge is 2.29. The minimum atomic E-state index is -0.804. The van der Waals surface area contributed by atoms with Crippen molar-refractivity contribution >= 4 is 41.8 Å². The maximum Gasteiger partial charge on any atom is 0.309 e. The number of rotatable bonds is 7. The first-order valence-corrected chi connectivity index (χ1v) is 17.6. The van der Waals surface area contributed by atoms with E-state index in [2.05, 4.69) is 0 Å². The second-order valence-electron chi connectivity index (χ2n) is 12.1. The van der Waals surface area contributed by atoms with Crippen LogP contribution in [-0.4, -0.2) is 84.5 Å². The average Bonchev–Trinajstić information content (AvgIpc) is 3.05. The van der Waals surface area contributed by atoms with E-state index in [1.165, 1.54) is 0 Å². The number of carbonyl (C=O) groups excluding carboxylic acids is 7. The van der Waals surface area contributed by atoms with Crippen LogP contribution in [0.4, 0.5) is 0 Å². The molecule has 1 rings (SSSR count). The van der Waals surface area contributed by atoms with Crippen molar-refractivity contribution in [2.24, 2.45) is 0 Å². The van der Waals surface area contributed by atoms with Gasteiger partial charge in [-0.05, 0) is 44.9 Å². The van der Waals surface area contributed by atoms with Crippen LogP contribution >= 0.6 is 0 Å². The van der Waals surface area contributed by atoms with E-state index in [0.29, 0.717) is 44.9 Å². The third kappa shape index (κ3) is 18.0. The van der Waals surface area contributed by atoms with Crippen LogP contribution in [-0.2, 0) is 66.7 Å². The molecule has 14 nitrogen and oxygen atoms in total. The quantitative estimate of drug-likeness (QED) is 0.256. The monoisotopic (exact) mass is 700 g/mol. The molecule has 0 bridgehead atoms. The predicted molar refractivity (Wildman–Crippen MR) is 174 cm³/mol. The summed E-state index contributed by atoms with van der Waals surface area (Å²) in [4.78, 5) is 88.9. The summed E-state index contributed by atoms with van der Waals surface area (Å²) in [7, 11) is 0. The van der Waals surface area contributed by atoms with Crippen molar-refractivity contribution < 1.29 is 66.7 Å². The van der Waals surface area contributed by atoms with E-state index in [1.54, 1.807) is 48.5 Å². The maximum atomic E-state index is 12.7. The first-order valence-electron chi connectivity index (χ1n) is 17.6. The van der Waals surface area contributed by atoms with Gasteiger partial charge in [-0.15, -0.1) is 0 Å². The fourth-order valence-corrected chi connectivity index (χ4v) is 4.82. The van der Waals surface area contributed by atoms with Crippen LogP contribution in [0.1, 0.15) is 138 Å². The van der Waals surface area contributed by atoms with Crippen molar-refractivity contribution in [3.63, 3.8) is 0 Å². The van der Waals surface area contributed by atoms with Crippen LogP contribution in [0.5, 0.6) is 0 Å². The van der Waals surface area contributed by atoms with Crippen LogP contribution < -0.4 is 0 Å². The molecule has 14 heteroatoms. The summed E-state index contributed by atoms with van der Waals surface area (Å²) in [5, 5.41) is 0. The van der Waals surface area contributed by atoms with Gasteiger partial charge < -0.3 is 33.2 Å². The number of carbonyl (C=O) groups is 7. The molecule has 280 valence electrons. The van der Waals surface area contributed by atoms with E-state index >= 15 is 0 Å². The molecular formula is C35H56O14. The molecule has 49 heavy (non-hydrogen) atoms. The zero-order chi connectivity index (χ0) is 36.9.